The van der Waals surface area contributed by atoms with Crippen LogP contribution in [0, 0.1) is 6.92 Å². The lowest BCUT2D eigenvalue weighted by Crippen LogP contribution is -2.53. The van der Waals surface area contributed by atoms with E-state index in [1.54, 1.807) is 24.1 Å². The van der Waals surface area contributed by atoms with E-state index in [1.807, 2.05) is 79.7 Å². The first-order valence-electron chi connectivity index (χ1n) is 14.0. The van der Waals surface area contributed by atoms with E-state index in [0.29, 0.717) is 22.7 Å². The Morgan fingerprint density at radius 3 is 2.42 bits per heavy atom. The molecular formula is C35H27ClN2O5. The van der Waals surface area contributed by atoms with Crippen LogP contribution in [0.4, 0.5) is 5.69 Å². The third kappa shape index (κ3) is 3.99. The molecule has 0 saturated carbocycles. The minimum absolute atomic E-state index is 0.0340. The van der Waals surface area contributed by atoms with E-state index < -0.39 is 16.9 Å². The topological polar surface area (TPSA) is 80.1 Å². The minimum atomic E-state index is -1.70. The van der Waals surface area contributed by atoms with Crippen LogP contribution in [0.15, 0.2) is 100 Å². The SMILES string of the molecule is COc1ccc(CCN2C(=O)c3oc4ccc(Cl)cc4c(=O)c3C23C(=O)N(Cc2ccccc2C)c2ccccc23)cc1. The zero-order valence-corrected chi connectivity index (χ0v) is 24.4. The molecule has 0 N–H and O–H groups in total. The number of fused-ring (bicyclic) bond motifs is 5. The molecule has 5 aromatic rings. The van der Waals surface area contributed by atoms with Gasteiger partial charge in [-0.2, -0.15) is 0 Å². The number of para-hydroxylation sites is 1. The van der Waals surface area contributed by atoms with E-state index in [9.17, 15) is 14.4 Å². The molecule has 214 valence electrons. The summed E-state index contributed by atoms with van der Waals surface area (Å²) >= 11 is 6.29. The van der Waals surface area contributed by atoms with E-state index in [-0.39, 0.29) is 41.3 Å². The number of halogens is 1. The van der Waals surface area contributed by atoms with Crippen molar-refractivity contribution in [3.05, 3.63) is 140 Å². The zero-order chi connectivity index (χ0) is 29.9. The summed E-state index contributed by atoms with van der Waals surface area (Å²) in [6.07, 6.45) is 0.443. The first-order valence-corrected chi connectivity index (χ1v) is 14.4. The molecule has 2 aliphatic heterocycles. The molecule has 3 heterocycles. The van der Waals surface area contributed by atoms with Crippen LogP contribution in [-0.4, -0.2) is 30.4 Å². The van der Waals surface area contributed by atoms with Gasteiger partial charge in [0.25, 0.3) is 11.8 Å². The molecular weight excluding hydrogens is 564 g/mol. The van der Waals surface area contributed by atoms with E-state index in [2.05, 4.69) is 0 Å². The molecule has 0 radical (unpaired) electrons. The van der Waals surface area contributed by atoms with Gasteiger partial charge in [-0.15, -0.1) is 0 Å². The third-order valence-electron chi connectivity index (χ3n) is 8.57. The van der Waals surface area contributed by atoms with E-state index >= 15 is 0 Å². The Hall–Kier alpha value is -4.88. The fraction of sp³-hybridized carbons (Fsp3) is 0.171. The molecule has 0 fully saturated rings. The maximum absolute atomic E-state index is 15.0. The van der Waals surface area contributed by atoms with E-state index in [4.69, 9.17) is 20.8 Å². The van der Waals surface area contributed by atoms with Gasteiger partial charge in [-0.1, -0.05) is 66.2 Å². The number of amides is 2. The number of nitrogens with zero attached hydrogens (tertiary/aromatic N) is 2. The lowest BCUT2D eigenvalue weighted by molar-refractivity contribution is -0.126. The number of rotatable bonds is 6. The number of carbonyl (C=O) groups excluding carboxylic acids is 2. The molecule has 2 amide bonds. The van der Waals surface area contributed by atoms with Crippen LogP contribution in [0.2, 0.25) is 5.02 Å². The third-order valence-corrected chi connectivity index (χ3v) is 8.81. The molecule has 0 saturated heterocycles. The fourth-order valence-corrected chi connectivity index (χ4v) is 6.58. The van der Waals surface area contributed by atoms with Crippen LogP contribution >= 0.6 is 11.6 Å². The predicted molar refractivity (Wildman–Crippen MR) is 165 cm³/mol. The molecule has 1 atom stereocenters. The highest BCUT2D eigenvalue weighted by molar-refractivity contribution is 6.31. The van der Waals surface area contributed by atoms with Gasteiger partial charge in [0.1, 0.15) is 11.3 Å². The maximum atomic E-state index is 15.0. The van der Waals surface area contributed by atoms with Crippen molar-refractivity contribution < 1.29 is 18.7 Å². The Bertz CT molecular complexity index is 2000. The Kier molecular flexibility index (Phi) is 6.36. The van der Waals surface area contributed by atoms with Gasteiger partial charge in [-0.25, -0.2) is 0 Å². The molecule has 1 aromatic heterocycles. The number of methoxy groups -OCH3 is 1. The van der Waals surface area contributed by atoms with Crippen LogP contribution in [0.1, 0.15) is 38.4 Å². The number of aryl methyl sites for hydroxylation is 1. The van der Waals surface area contributed by atoms with Gasteiger partial charge in [0.2, 0.25) is 5.76 Å². The summed E-state index contributed by atoms with van der Waals surface area (Å²) in [5.74, 6) is -0.266. The lowest BCUT2D eigenvalue weighted by atomic mass is 9.83. The van der Waals surface area contributed by atoms with E-state index in [0.717, 1.165) is 22.4 Å². The molecule has 0 aliphatic carbocycles. The van der Waals surface area contributed by atoms with Crippen molar-refractivity contribution in [1.82, 2.24) is 4.90 Å². The summed E-state index contributed by atoms with van der Waals surface area (Å²) in [7, 11) is 1.60. The van der Waals surface area contributed by atoms with Gasteiger partial charge >= 0.3 is 0 Å². The van der Waals surface area contributed by atoms with Crippen molar-refractivity contribution in [3.63, 3.8) is 0 Å². The predicted octanol–water partition coefficient (Wildman–Crippen LogP) is 6.25. The first kappa shape index (κ1) is 27.0. The Labute approximate surface area is 252 Å². The second kappa shape index (κ2) is 10.1. The largest absolute Gasteiger partial charge is 0.497 e. The minimum Gasteiger partial charge on any atom is -0.497 e. The summed E-state index contributed by atoms with van der Waals surface area (Å²) in [6, 6.07) is 27.5. The highest BCUT2D eigenvalue weighted by Gasteiger charge is 2.64. The Morgan fingerprint density at radius 2 is 1.65 bits per heavy atom. The Morgan fingerprint density at radius 1 is 0.907 bits per heavy atom. The van der Waals surface area contributed by atoms with Crippen LogP contribution in [0.25, 0.3) is 11.0 Å². The highest BCUT2D eigenvalue weighted by atomic mass is 35.5. The molecule has 0 bridgehead atoms. The molecule has 1 unspecified atom stereocenters. The summed E-state index contributed by atoms with van der Waals surface area (Å²) in [5, 5.41) is 0.576. The maximum Gasteiger partial charge on any atom is 0.291 e. The van der Waals surface area contributed by atoms with Crippen molar-refractivity contribution in [2.24, 2.45) is 0 Å². The smallest absolute Gasteiger partial charge is 0.291 e. The lowest BCUT2D eigenvalue weighted by Gasteiger charge is -2.34. The molecule has 8 heteroatoms. The second-order valence-corrected chi connectivity index (χ2v) is 11.3. The summed E-state index contributed by atoms with van der Waals surface area (Å²) in [5.41, 5.74) is 2.31. The second-order valence-electron chi connectivity index (χ2n) is 10.9. The van der Waals surface area contributed by atoms with Gasteiger partial charge in [0.05, 0.1) is 30.3 Å². The number of carbonyl (C=O) groups is 2. The van der Waals surface area contributed by atoms with Crippen molar-refractivity contribution in [3.8, 4) is 5.75 Å². The van der Waals surface area contributed by atoms with Crippen molar-refractivity contribution in [2.45, 2.75) is 25.4 Å². The first-order chi connectivity index (χ1) is 20.8. The van der Waals surface area contributed by atoms with Crippen LogP contribution in [0.5, 0.6) is 5.75 Å². The van der Waals surface area contributed by atoms with Gasteiger partial charge < -0.3 is 19.0 Å². The van der Waals surface area contributed by atoms with Gasteiger partial charge in [-0.3, -0.25) is 14.4 Å². The molecule has 1 spiro atoms. The molecule has 4 aromatic carbocycles. The quantitative estimate of drug-likeness (QED) is 0.233. The van der Waals surface area contributed by atoms with Gasteiger partial charge in [-0.05, 0) is 66.4 Å². The standard InChI is InChI=1S/C35H27ClN2O5/c1-21-7-3-4-8-23(21)20-37-28-10-6-5-9-27(28)35(34(37)41)30-31(39)26-19-24(36)13-16-29(26)43-32(30)33(40)38(35)18-17-22-11-14-25(42-2)15-12-22/h3-16,19H,17-18,20H2,1-2H3. The van der Waals surface area contributed by atoms with Crippen LogP contribution in [-0.2, 0) is 23.3 Å². The summed E-state index contributed by atoms with van der Waals surface area (Å²) in [4.78, 5) is 46.8. The summed E-state index contributed by atoms with van der Waals surface area (Å²) < 4.78 is 11.4. The average Bonchev–Trinajstić information content (AvgIpc) is 3.41. The number of hydrogen-bond acceptors (Lipinski definition) is 5. The zero-order valence-electron chi connectivity index (χ0n) is 23.6. The molecule has 7 rings (SSSR count). The van der Waals surface area contributed by atoms with Gasteiger partial charge in [0.15, 0.2) is 11.0 Å². The average molecular weight is 591 g/mol. The fourth-order valence-electron chi connectivity index (χ4n) is 6.41. The number of hydrogen-bond donors (Lipinski definition) is 0. The Balaban J connectivity index is 1.44. The van der Waals surface area contributed by atoms with E-state index in [1.165, 1.54) is 11.0 Å². The summed E-state index contributed by atoms with van der Waals surface area (Å²) in [6.45, 7) is 2.45. The van der Waals surface area contributed by atoms with Crippen molar-refractivity contribution in [1.29, 1.82) is 0 Å². The van der Waals surface area contributed by atoms with Crippen molar-refractivity contribution >= 4 is 40.1 Å². The highest BCUT2D eigenvalue weighted by Crippen LogP contribution is 2.53. The number of benzene rings is 4. The molecule has 7 nitrogen and oxygen atoms in total. The van der Waals surface area contributed by atoms with Crippen LogP contribution in [0.3, 0.4) is 0 Å². The number of anilines is 1. The monoisotopic (exact) mass is 590 g/mol. The van der Waals surface area contributed by atoms with Gasteiger partial charge in [0, 0.05) is 17.1 Å². The molecule has 2 aliphatic rings. The number of ether oxygens (including phenoxy) is 1. The van der Waals surface area contributed by atoms with Crippen LogP contribution < -0.4 is 15.1 Å². The van der Waals surface area contributed by atoms with Crippen molar-refractivity contribution in [2.75, 3.05) is 18.6 Å². The normalized spacial score (nSPS) is 17.2. The molecule has 43 heavy (non-hydrogen) atoms.